The van der Waals surface area contributed by atoms with Crippen molar-refractivity contribution in [1.82, 2.24) is 14.8 Å². The number of benzene rings is 2. The van der Waals surface area contributed by atoms with Gasteiger partial charge in [-0.2, -0.15) is 5.10 Å². The van der Waals surface area contributed by atoms with Crippen molar-refractivity contribution in [2.24, 2.45) is 11.5 Å². The second-order valence-electron chi connectivity index (χ2n) is 6.77. The largest absolute Gasteiger partial charge is 0.329 e. The summed E-state index contributed by atoms with van der Waals surface area (Å²) in [6.07, 6.45) is 5.61. The molecule has 0 radical (unpaired) electrons. The monoisotopic (exact) mass is 369 g/mol. The van der Waals surface area contributed by atoms with E-state index in [4.69, 9.17) is 16.6 Å². The molecule has 0 bridgehead atoms. The van der Waals surface area contributed by atoms with E-state index in [1.165, 1.54) is 0 Å². The zero-order valence-electron chi connectivity index (χ0n) is 15.6. The molecule has 1 unspecified atom stereocenters. The van der Waals surface area contributed by atoms with Crippen LogP contribution in [0.1, 0.15) is 17.2 Å². The third-order valence-electron chi connectivity index (χ3n) is 4.80. The molecule has 1 atom stereocenters. The maximum absolute atomic E-state index is 6.28. The van der Waals surface area contributed by atoms with Gasteiger partial charge >= 0.3 is 0 Å². The Balaban J connectivity index is 1.72. The highest BCUT2D eigenvalue weighted by atomic mass is 15.3. The van der Waals surface area contributed by atoms with Crippen LogP contribution in [0.5, 0.6) is 0 Å². The van der Waals surface area contributed by atoms with Crippen LogP contribution in [0, 0.1) is 0 Å². The molecule has 0 amide bonds. The quantitative estimate of drug-likeness (QED) is 0.544. The summed E-state index contributed by atoms with van der Waals surface area (Å²) >= 11 is 0. The highest BCUT2D eigenvalue weighted by molar-refractivity contribution is 5.74. The summed E-state index contributed by atoms with van der Waals surface area (Å²) in [6, 6.07) is 22.4. The van der Waals surface area contributed by atoms with E-state index in [1.807, 2.05) is 53.5 Å². The second kappa shape index (κ2) is 8.17. The normalized spacial score (nSPS) is 12.1. The van der Waals surface area contributed by atoms with E-state index in [1.54, 1.807) is 6.20 Å². The first-order valence-electron chi connectivity index (χ1n) is 9.32. The average molecular weight is 369 g/mol. The van der Waals surface area contributed by atoms with Crippen LogP contribution in [-0.4, -0.2) is 21.3 Å². The first-order valence-corrected chi connectivity index (χ1v) is 9.32. The molecule has 4 aromatic rings. The molecular formula is C23H23N5. The predicted octanol–water partition coefficient (Wildman–Crippen LogP) is 3.62. The Kier molecular flexibility index (Phi) is 5.28. The minimum absolute atomic E-state index is 0.233. The lowest BCUT2D eigenvalue weighted by Crippen LogP contribution is -2.21. The van der Waals surface area contributed by atoms with E-state index in [0.717, 1.165) is 33.5 Å². The number of nitrogens with two attached hydrogens (primary N) is 2. The first kappa shape index (κ1) is 18.1. The number of aromatic nitrogens is 3. The number of rotatable bonds is 6. The molecule has 0 fully saturated rings. The van der Waals surface area contributed by atoms with Gasteiger partial charge < -0.3 is 11.5 Å². The molecule has 140 valence electrons. The van der Waals surface area contributed by atoms with Gasteiger partial charge in [0, 0.05) is 36.7 Å². The molecule has 0 aliphatic carbocycles. The lowest BCUT2D eigenvalue weighted by Gasteiger charge is -2.15. The van der Waals surface area contributed by atoms with Crippen LogP contribution in [0.2, 0.25) is 0 Å². The van der Waals surface area contributed by atoms with Crippen molar-refractivity contribution in [1.29, 1.82) is 0 Å². The van der Waals surface area contributed by atoms with Gasteiger partial charge in [0.2, 0.25) is 0 Å². The van der Waals surface area contributed by atoms with Crippen molar-refractivity contribution in [2.75, 3.05) is 6.54 Å². The third kappa shape index (κ3) is 3.86. The molecular weight excluding hydrogens is 346 g/mol. The minimum atomic E-state index is -0.233. The summed E-state index contributed by atoms with van der Waals surface area (Å²) < 4.78 is 1.92. The highest BCUT2D eigenvalue weighted by Gasteiger charge is 2.15. The Hall–Kier alpha value is -3.28. The zero-order valence-corrected chi connectivity index (χ0v) is 15.6. The van der Waals surface area contributed by atoms with Crippen molar-refractivity contribution in [2.45, 2.75) is 12.6 Å². The Morgan fingerprint density at radius 2 is 1.79 bits per heavy atom. The van der Waals surface area contributed by atoms with Crippen molar-refractivity contribution in [3.8, 4) is 22.4 Å². The van der Waals surface area contributed by atoms with E-state index in [-0.39, 0.29) is 6.04 Å². The summed E-state index contributed by atoms with van der Waals surface area (Å²) in [5, 5.41) is 4.78. The van der Waals surface area contributed by atoms with Gasteiger partial charge in [-0.3, -0.25) is 9.67 Å². The van der Waals surface area contributed by atoms with E-state index < -0.39 is 0 Å². The van der Waals surface area contributed by atoms with Crippen LogP contribution in [0.15, 0.2) is 85.3 Å². The van der Waals surface area contributed by atoms with Gasteiger partial charge in [-0.05, 0) is 40.5 Å². The fraction of sp³-hybridized carbons (Fsp3) is 0.130. The highest BCUT2D eigenvalue weighted by Crippen LogP contribution is 2.31. The average Bonchev–Trinajstić information content (AvgIpc) is 3.22. The maximum atomic E-state index is 6.28. The molecule has 28 heavy (non-hydrogen) atoms. The number of pyridine rings is 1. The number of hydrogen-bond acceptors (Lipinski definition) is 4. The van der Waals surface area contributed by atoms with Crippen LogP contribution >= 0.6 is 0 Å². The molecule has 2 aromatic heterocycles. The molecule has 0 aliphatic rings. The van der Waals surface area contributed by atoms with Gasteiger partial charge in [0.05, 0.1) is 12.2 Å². The molecule has 4 rings (SSSR count). The zero-order chi connectivity index (χ0) is 19.3. The molecule has 0 aliphatic heterocycles. The predicted molar refractivity (Wildman–Crippen MR) is 112 cm³/mol. The molecule has 0 spiro atoms. The molecule has 4 N–H and O–H groups in total. The van der Waals surface area contributed by atoms with Crippen LogP contribution in [0.25, 0.3) is 22.4 Å². The number of hydrogen-bond donors (Lipinski definition) is 2. The SMILES string of the molecule is NCC(N)c1ccc(-c2ccccc2)cc1-c1ccn(Cc2cccnc2)n1. The summed E-state index contributed by atoms with van der Waals surface area (Å²) in [5.74, 6) is 0. The first-order chi connectivity index (χ1) is 13.7. The van der Waals surface area contributed by atoms with Gasteiger partial charge in [-0.25, -0.2) is 0 Å². The summed E-state index contributed by atoms with van der Waals surface area (Å²) in [4.78, 5) is 4.17. The van der Waals surface area contributed by atoms with Gasteiger partial charge in [-0.1, -0.05) is 48.5 Å². The Morgan fingerprint density at radius 1 is 0.929 bits per heavy atom. The smallest absolute Gasteiger partial charge is 0.0926 e. The van der Waals surface area contributed by atoms with E-state index in [9.17, 15) is 0 Å². The van der Waals surface area contributed by atoms with E-state index >= 15 is 0 Å². The molecule has 0 saturated carbocycles. The van der Waals surface area contributed by atoms with Crippen LogP contribution in [-0.2, 0) is 6.54 Å². The van der Waals surface area contributed by atoms with Crippen molar-refractivity contribution in [3.05, 3.63) is 96.4 Å². The molecule has 5 nitrogen and oxygen atoms in total. The topological polar surface area (TPSA) is 82.8 Å². The van der Waals surface area contributed by atoms with Crippen molar-refractivity contribution < 1.29 is 0 Å². The Morgan fingerprint density at radius 3 is 2.54 bits per heavy atom. The van der Waals surface area contributed by atoms with Crippen LogP contribution in [0.4, 0.5) is 0 Å². The van der Waals surface area contributed by atoms with Crippen LogP contribution < -0.4 is 11.5 Å². The lowest BCUT2D eigenvalue weighted by atomic mass is 9.94. The van der Waals surface area contributed by atoms with Gasteiger partial charge in [0.15, 0.2) is 0 Å². The fourth-order valence-corrected chi connectivity index (χ4v) is 3.31. The van der Waals surface area contributed by atoms with Crippen molar-refractivity contribution >= 4 is 0 Å². The van der Waals surface area contributed by atoms with Gasteiger partial charge in [-0.15, -0.1) is 0 Å². The summed E-state index contributed by atoms with van der Waals surface area (Å²) in [5.41, 5.74) is 18.4. The van der Waals surface area contributed by atoms with Crippen LogP contribution in [0.3, 0.4) is 0 Å². The molecule has 0 saturated heterocycles. The van der Waals surface area contributed by atoms with Gasteiger partial charge in [0.1, 0.15) is 0 Å². The molecule has 5 heteroatoms. The van der Waals surface area contributed by atoms with E-state index in [0.29, 0.717) is 13.1 Å². The van der Waals surface area contributed by atoms with E-state index in [2.05, 4.69) is 35.3 Å². The van der Waals surface area contributed by atoms with Crippen molar-refractivity contribution in [3.63, 3.8) is 0 Å². The lowest BCUT2D eigenvalue weighted by molar-refractivity contribution is 0.686. The molecule has 2 heterocycles. The Bertz CT molecular complexity index is 1040. The third-order valence-corrected chi connectivity index (χ3v) is 4.80. The standard InChI is InChI=1S/C23H23N5/c24-14-22(25)20-9-8-19(18-6-2-1-3-7-18)13-21(20)23-10-12-28(27-23)16-17-5-4-11-26-15-17/h1-13,15,22H,14,16,24-25H2. The van der Waals surface area contributed by atoms with Gasteiger partial charge in [0.25, 0.3) is 0 Å². The maximum Gasteiger partial charge on any atom is 0.0926 e. The Labute approximate surface area is 164 Å². The number of nitrogens with zero attached hydrogens (tertiary/aromatic N) is 3. The minimum Gasteiger partial charge on any atom is -0.329 e. The molecule has 2 aromatic carbocycles. The summed E-state index contributed by atoms with van der Waals surface area (Å²) in [7, 11) is 0. The second-order valence-corrected chi connectivity index (χ2v) is 6.77. The fourth-order valence-electron chi connectivity index (χ4n) is 3.31. The summed E-state index contributed by atoms with van der Waals surface area (Å²) in [6.45, 7) is 1.05.